The maximum Gasteiger partial charge on any atom is 0.249 e. The van der Waals surface area contributed by atoms with Crippen LogP contribution in [0, 0.1) is 0 Å². The van der Waals surface area contributed by atoms with Crippen molar-refractivity contribution in [2.45, 2.75) is 352 Å². The maximum absolute atomic E-state index is 13.2. The molecule has 1 amide bonds. The van der Waals surface area contributed by atoms with Crippen molar-refractivity contribution in [3.63, 3.8) is 0 Å². The average Bonchev–Trinajstić information content (AvgIpc) is 3.42. The molecule has 1 fully saturated rings. The fourth-order valence-corrected chi connectivity index (χ4v) is 10.3. The summed E-state index contributed by atoms with van der Waals surface area (Å²) in [5.41, 5.74) is 0. The fraction of sp³-hybridized carbons (Fsp3) is 0.864. The zero-order chi connectivity index (χ0) is 55.2. The fourth-order valence-electron chi connectivity index (χ4n) is 10.3. The summed E-state index contributed by atoms with van der Waals surface area (Å²) in [6, 6.07) is -0.998. The van der Waals surface area contributed by atoms with Gasteiger partial charge in [-0.05, 0) is 64.2 Å². The molecular weight excluding hydrogens is 951 g/mol. The van der Waals surface area contributed by atoms with Crippen molar-refractivity contribution in [1.82, 2.24) is 5.32 Å². The number of carbonyl (C=O) groups is 1. The van der Waals surface area contributed by atoms with E-state index < -0.39 is 61.5 Å². The van der Waals surface area contributed by atoms with Gasteiger partial charge in [-0.25, -0.2) is 0 Å². The van der Waals surface area contributed by atoms with Crippen molar-refractivity contribution in [2.75, 3.05) is 13.2 Å². The lowest BCUT2D eigenvalue weighted by molar-refractivity contribution is -0.302. The smallest absolute Gasteiger partial charge is 0.249 e. The van der Waals surface area contributed by atoms with Gasteiger partial charge in [-0.2, -0.15) is 0 Å². The highest BCUT2D eigenvalue weighted by Gasteiger charge is 2.44. The van der Waals surface area contributed by atoms with Crippen LogP contribution < -0.4 is 5.32 Å². The van der Waals surface area contributed by atoms with E-state index in [0.717, 1.165) is 38.5 Å². The summed E-state index contributed by atoms with van der Waals surface area (Å²) in [4.78, 5) is 13.2. The largest absolute Gasteiger partial charge is 0.394 e. The molecule has 0 aromatic rings. The SMILES string of the molecule is CCCCCCCCCCCCC/C=C\C/C=C\CCCCCCCCCCCCCCCCCCC(O)C(=O)NC(COC1OC(CO)C(O)C(O)C1O)C(O)/C=C/CC/C=C/CCCCCCCCCCCCC. The number of aliphatic hydroxyl groups excluding tert-OH is 6. The zero-order valence-corrected chi connectivity index (χ0v) is 49.4. The Balaban J connectivity index is 2.16. The van der Waals surface area contributed by atoms with E-state index in [1.807, 2.05) is 6.08 Å². The van der Waals surface area contributed by atoms with E-state index in [1.54, 1.807) is 6.08 Å². The lowest BCUT2D eigenvalue weighted by atomic mass is 9.99. The molecule has 1 aliphatic heterocycles. The summed E-state index contributed by atoms with van der Waals surface area (Å²) in [6.07, 6.45) is 63.9. The first-order valence-corrected chi connectivity index (χ1v) is 32.5. The number of aliphatic hydroxyl groups is 6. The Bertz CT molecular complexity index is 1350. The number of ether oxygens (including phenoxy) is 2. The predicted molar refractivity (Wildman–Crippen MR) is 319 cm³/mol. The Labute approximate surface area is 467 Å². The van der Waals surface area contributed by atoms with Gasteiger partial charge in [0.1, 0.15) is 30.5 Å². The first kappa shape index (κ1) is 72.1. The molecule has 0 radical (unpaired) electrons. The highest BCUT2D eigenvalue weighted by Crippen LogP contribution is 2.23. The Hall–Kier alpha value is -1.89. The molecule has 1 saturated heterocycles. The number of amides is 1. The van der Waals surface area contributed by atoms with Crippen LogP contribution in [0.5, 0.6) is 0 Å². The monoisotopic (exact) mass is 1070 g/mol. The van der Waals surface area contributed by atoms with Gasteiger partial charge in [0.05, 0.1) is 25.4 Å². The molecule has 0 aromatic heterocycles. The van der Waals surface area contributed by atoms with Gasteiger partial charge in [0.25, 0.3) is 0 Å². The molecule has 0 bridgehead atoms. The van der Waals surface area contributed by atoms with Gasteiger partial charge in [0.2, 0.25) is 5.91 Å². The Morgan fingerprint density at radius 3 is 1.22 bits per heavy atom. The molecule has 0 saturated carbocycles. The Morgan fingerprint density at radius 1 is 0.461 bits per heavy atom. The number of unbranched alkanes of at least 4 members (excludes halogenated alkanes) is 39. The highest BCUT2D eigenvalue weighted by molar-refractivity contribution is 5.80. The molecule has 10 heteroatoms. The van der Waals surface area contributed by atoms with Crippen LogP contribution >= 0.6 is 0 Å². The minimum Gasteiger partial charge on any atom is -0.394 e. The van der Waals surface area contributed by atoms with Crippen molar-refractivity contribution in [2.24, 2.45) is 0 Å². The molecule has 1 rings (SSSR count). The van der Waals surface area contributed by atoms with Crippen LogP contribution in [0.3, 0.4) is 0 Å². The van der Waals surface area contributed by atoms with Crippen molar-refractivity contribution >= 4 is 5.91 Å². The molecule has 446 valence electrons. The molecule has 0 spiro atoms. The normalized spacial score (nSPS) is 19.5. The van der Waals surface area contributed by atoms with Crippen molar-refractivity contribution in [3.05, 3.63) is 48.6 Å². The Morgan fingerprint density at radius 2 is 0.816 bits per heavy atom. The minimum atomic E-state index is -1.62. The molecule has 1 aliphatic rings. The zero-order valence-electron chi connectivity index (χ0n) is 49.4. The summed E-state index contributed by atoms with van der Waals surface area (Å²) in [7, 11) is 0. The number of hydrogen-bond acceptors (Lipinski definition) is 9. The second kappa shape index (κ2) is 55.0. The van der Waals surface area contributed by atoms with E-state index in [2.05, 4.69) is 55.6 Å². The van der Waals surface area contributed by atoms with Gasteiger partial charge in [-0.15, -0.1) is 0 Å². The van der Waals surface area contributed by atoms with Crippen LogP contribution in [-0.2, 0) is 14.3 Å². The van der Waals surface area contributed by atoms with Gasteiger partial charge in [-0.1, -0.05) is 287 Å². The van der Waals surface area contributed by atoms with Crippen LogP contribution in [0.2, 0.25) is 0 Å². The van der Waals surface area contributed by atoms with Crippen LogP contribution in [0.1, 0.15) is 303 Å². The highest BCUT2D eigenvalue weighted by atomic mass is 16.7. The summed E-state index contributed by atoms with van der Waals surface area (Å²) in [6.45, 7) is 3.63. The molecule has 8 atom stereocenters. The topological polar surface area (TPSA) is 169 Å². The van der Waals surface area contributed by atoms with Gasteiger partial charge in [-0.3, -0.25) is 4.79 Å². The van der Waals surface area contributed by atoms with Crippen LogP contribution in [-0.4, -0.2) is 98.7 Å². The van der Waals surface area contributed by atoms with Crippen molar-refractivity contribution < 1.29 is 44.9 Å². The molecule has 8 unspecified atom stereocenters. The van der Waals surface area contributed by atoms with E-state index in [-0.39, 0.29) is 6.61 Å². The summed E-state index contributed by atoms with van der Waals surface area (Å²) in [5, 5.41) is 65.1. The lowest BCUT2D eigenvalue weighted by Crippen LogP contribution is -2.60. The number of allylic oxidation sites excluding steroid dienone is 7. The van der Waals surface area contributed by atoms with Crippen LogP contribution in [0.25, 0.3) is 0 Å². The first-order valence-electron chi connectivity index (χ1n) is 32.5. The summed E-state index contributed by atoms with van der Waals surface area (Å²) >= 11 is 0. The number of rotatable bonds is 56. The standard InChI is InChI=1S/C66H123NO9/c1-3-5-7-9-11-13-15-17-19-21-22-23-24-25-26-27-28-29-30-31-32-33-34-35-36-37-39-41-43-45-47-49-51-53-55-60(70)65(74)67-58(57-75-66-64(73)63(72)62(71)61(56-68)76-66)59(69)54-52-50-48-46-44-42-40-38-20-18-16-14-12-10-8-6-4-2/h24-25,27-28,44,46,52,54,58-64,66,68-73H,3-23,26,29-43,45,47-51,53,55-57H2,1-2H3,(H,67,74)/b25-24-,28-27-,46-44+,54-52+. The average molecular weight is 1070 g/mol. The first-order chi connectivity index (χ1) is 37.3. The van der Waals surface area contributed by atoms with E-state index in [9.17, 15) is 35.4 Å². The van der Waals surface area contributed by atoms with Gasteiger partial charge >= 0.3 is 0 Å². The van der Waals surface area contributed by atoms with Crippen LogP contribution in [0.15, 0.2) is 48.6 Å². The van der Waals surface area contributed by atoms with Crippen LogP contribution in [0.4, 0.5) is 0 Å². The molecule has 10 nitrogen and oxygen atoms in total. The Kier molecular flexibility index (Phi) is 52.2. The number of carbonyl (C=O) groups excluding carboxylic acids is 1. The number of nitrogens with one attached hydrogen (secondary N) is 1. The predicted octanol–water partition coefficient (Wildman–Crippen LogP) is 15.8. The molecule has 76 heavy (non-hydrogen) atoms. The third-order valence-corrected chi connectivity index (χ3v) is 15.5. The third kappa shape index (κ3) is 43.0. The molecule has 7 N–H and O–H groups in total. The quantitative estimate of drug-likeness (QED) is 0.0232. The van der Waals surface area contributed by atoms with Crippen molar-refractivity contribution in [3.8, 4) is 0 Å². The van der Waals surface area contributed by atoms with Gasteiger partial charge in [0.15, 0.2) is 6.29 Å². The van der Waals surface area contributed by atoms with E-state index >= 15 is 0 Å². The second-order valence-corrected chi connectivity index (χ2v) is 22.7. The van der Waals surface area contributed by atoms with E-state index in [4.69, 9.17) is 9.47 Å². The van der Waals surface area contributed by atoms with Crippen molar-refractivity contribution in [1.29, 1.82) is 0 Å². The van der Waals surface area contributed by atoms with Gasteiger partial charge < -0.3 is 45.4 Å². The number of hydrogen-bond donors (Lipinski definition) is 7. The minimum absolute atomic E-state index is 0.304. The third-order valence-electron chi connectivity index (χ3n) is 15.5. The molecule has 1 heterocycles. The molecule has 0 aliphatic carbocycles. The summed E-state index contributed by atoms with van der Waals surface area (Å²) < 4.78 is 11.2. The maximum atomic E-state index is 13.2. The second-order valence-electron chi connectivity index (χ2n) is 22.7. The van der Waals surface area contributed by atoms with E-state index in [0.29, 0.717) is 19.3 Å². The lowest BCUT2D eigenvalue weighted by Gasteiger charge is -2.40. The van der Waals surface area contributed by atoms with Gasteiger partial charge in [0, 0.05) is 0 Å². The molecule has 0 aromatic carbocycles. The molecular formula is C66H123NO9. The summed E-state index contributed by atoms with van der Waals surface area (Å²) in [5.74, 6) is -0.623. The van der Waals surface area contributed by atoms with E-state index in [1.165, 1.54) is 231 Å².